The van der Waals surface area contributed by atoms with Crippen LogP contribution in [0.4, 0.5) is 0 Å². The summed E-state index contributed by atoms with van der Waals surface area (Å²) in [6, 6.07) is 13.3. The van der Waals surface area contributed by atoms with Crippen LogP contribution in [0.5, 0.6) is 0 Å². The van der Waals surface area contributed by atoms with Crippen LogP contribution in [-0.4, -0.2) is 4.98 Å². The first kappa shape index (κ1) is 11.8. The Bertz CT molecular complexity index is 808. The zero-order valence-electron chi connectivity index (χ0n) is 10.3. The van der Waals surface area contributed by atoms with Crippen molar-refractivity contribution in [2.45, 2.75) is 6.92 Å². The minimum absolute atomic E-state index is 0.402. The Morgan fingerprint density at radius 2 is 2.00 bits per heavy atom. The van der Waals surface area contributed by atoms with Gasteiger partial charge in [-0.3, -0.25) is 0 Å². The molecule has 0 bridgehead atoms. The van der Waals surface area contributed by atoms with Gasteiger partial charge in [0.05, 0.1) is 0 Å². The molecule has 0 aliphatic rings. The first-order chi connectivity index (χ1) is 9.20. The second-order valence-electron chi connectivity index (χ2n) is 4.25. The first-order valence-corrected chi connectivity index (χ1v) is 6.23. The van der Waals surface area contributed by atoms with Gasteiger partial charge in [0.1, 0.15) is 5.52 Å². The molecule has 0 saturated carbocycles. The van der Waals surface area contributed by atoms with Crippen molar-refractivity contribution in [2.24, 2.45) is 0 Å². The van der Waals surface area contributed by atoms with Gasteiger partial charge in [-0.2, -0.15) is 0 Å². The van der Waals surface area contributed by atoms with Crippen LogP contribution in [0.15, 0.2) is 46.9 Å². The molecule has 1 aromatic heterocycles. The van der Waals surface area contributed by atoms with E-state index < -0.39 is 0 Å². The molecule has 0 atom stereocenters. The van der Waals surface area contributed by atoms with Crippen molar-refractivity contribution < 1.29 is 4.42 Å². The van der Waals surface area contributed by atoms with E-state index in [1.54, 1.807) is 18.2 Å². The Balaban J connectivity index is 1.98. The lowest BCUT2D eigenvalue weighted by molar-refractivity contribution is 0.586. The summed E-state index contributed by atoms with van der Waals surface area (Å²) in [5, 5.41) is 0.638. The molecule has 2 nitrogen and oxygen atoms in total. The Kier molecular flexibility index (Phi) is 2.98. The average molecular weight is 268 g/mol. The molecule has 0 unspecified atom stereocenters. The fraction of sp³-hybridized carbons (Fsp3) is 0.0625. The monoisotopic (exact) mass is 267 g/mol. The second kappa shape index (κ2) is 4.79. The lowest BCUT2D eigenvalue weighted by atomic mass is 10.1. The van der Waals surface area contributed by atoms with Crippen molar-refractivity contribution in [3.63, 3.8) is 0 Å². The molecule has 0 saturated heterocycles. The summed E-state index contributed by atoms with van der Waals surface area (Å²) in [4.78, 5) is 4.29. The van der Waals surface area contributed by atoms with E-state index in [9.17, 15) is 0 Å². The van der Waals surface area contributed by atoms with E-state index in [4.69, 9.17) is 16.0 Å². The molecule has 0 amide bonds. The molecule has 3 heteroatoms. The lowest BCUT2D eigenvalue weighted by Crippen LogP contribution is -1.77. The minimum atomic E-state index is 0.402. The van der Waals surface area contributed by atoms with E-state index in [1.807, 2.05) is 31.2 Å². The molecule has 3 aromatic rings. The van der Waals surface area contributed by atoms with Crippen LogP contribution in [0, 0.1) is 18.8 Å². The third-order valence-electron chi connectivity index (χ3n) is 2.68. The van der Waals surface area contributed by atoms with Gasteiger partial charge in [0.2, 0.25) is 0 Å². The van der Waals surface area contributed by atoms with Gasteiger partial charge in [-0.15, -0.1) is 0 Å². The molecule has 92 valence electrons. The van der Waals surface area contributed by atoms with Crippen molar-refractivity contribution >= 4 is 22.7 Å². The average Bonchev–Trinajstić information content (AvgIpc) is 2.78. The smallest absolute Gasteiger partial charge is 0.274 e. The molecule has 3 rings (SSSR count). The Hall–Kier alpha value is -2.24. The maximum Gasteiger partial charge on any atom is 0.274 e. The number of fused-ring (bicyclic) bond motifs is 1. The highest BCUT2D eigenvalue weighted by Gasteiger charge is 2.03. The summed E-state index contributed by atoms with van der Waals surface area (Å²) in [7, 11) is 0. The fourth-order valence-corrected chi connectivity index (χ4v) is 1.97. The number of aromatic nitrogens is 1. The molecule has 0 aliphatic carbocycles. The van der Waals surface area contributed by atoms with Crippen molar-refractivity contribution in [1.29, 1.82) is 0 Å². The standard InChI is InChI=1S/C16H10ClNO/c1-11-3-2-4-12(9-11)5-8-16-18-14-10-13(17)6-7-15(14)19-16/h2-4,6-7,9-10H,1H3. The van der Waals surface area contributed by atoms with Crippen LogP contribution in [-0.2, 0) is 0 Å². The predicted molar refractivity (Wildman–Crippen MR) is 76.2 cm³/mol. The molecule has 0 radical (unpaired) electrons. The van der Waals surface area contributed by atoms with E-state index >= 15 is 0 Å². The van der Waals surface area contributed by atoms with Crippen molar-refractivity contribution in [2.75, 3.05) is 0 Å². The molecule has 0 N–H and O–H groups in total. The third-order valence-corrected chi connectivity index (χ3v) is 2.92. The molecular formula is C16H10ClNO. The van der Waals surface area contributed by atoms with Gasteiger partial charge in [-0.25, -0.2) is 4.98 Å². The summed E-state index contributed by atoms with van der Waals surface area (Å²) >= 11 is 5.90. The van der Waals surface area contributed by atoms with Gasteiger partial charge in [-0.05, 0) is 48.7 Å². The summed E-state index contributed by atoms with van der Waals surface area (Å²) in [6.45, 7) is 2.03. The first-order valence-electron chi connectivity index (χ1n) is 5.85. The number of nitrogens with zero attached hydrogens (tertiary/aromatic N) is 1. The largest absolute Gasteiger partial charge is 0.430 e. The Labute approximate surface area is 116 Å². The summed E-state index contributed by atoms with van der Waals surface area (Å²) in [5.74, 6) is 6.37. The molecule has 0 fully saturated rings. The van der Waals surface area contributed by atoms with Crippen LogP contribution >= 0.6 is 11.6 Å². The van der Waals surface area contributed by atoms with Gasteiger partial charge >= 0.3 is 0 Å². The van der Waals surface area contributed by atoms with Crippen LogP contribution in [0.25, 0.3) is 11.1 Å². The van der Waals surface area contributed by atoms with E-state index in [0.717, 1.165) is 11.1 Å². The number of benzene rings is 2. The quantitative estimate of drug-likeness (QED) is 0.571. The third kappa shape index (κ3) is 2.62. The molecular weight excluding hydrogens is 258 g/mol. The number of rotatable bonds is 0. The normalized spacial score (nSPS) is 10.2. The topological polar surface area (TPSA) is 26.0 Å². The van der Waals surface area contributed by atoms with Gasteiger partial charge in [0.25, 0.3) is 5.89 Å². The molecule has 0 aliphatic heterocycles. The number of aryl methyl sites for hydroxylation is 1. The zero-order chi connectivity index (χ0) is 13.2. The molecule has 1 heterocycles. The second-order valence-corrected chi connectivity index (χ2v) is 4.69. The number of oxazole rings is 1. The highest BCUT2D eigenvalue weighted by atomic mass is 35.5. The van der Waals surface area contributed by atoms with Crippen molar-refractivity contribution in [3.8, 4) is 11.8 Å². The lowest BCUT2D eigenvalue weighted by Gasteiger charge is -1.91. The van der Waals surface area contributed by atoms with Crippen LogP contribution in [0.2, 0.25) is 5.02 Å². The fourth-order valence-electron chi connectivity index (χ4n) is 1.80. The molecule has 0 spiro atoms. The molecule has 2 aromatic carbocycles. The van der Waals surface area contributed by atoms with Gasteiger partial charge in [0.15, 0.2) is 5.58 Å². The van der Waals surface area contributed by atoms with E-state index in [2.05, 4.69) is 16.8 Å². The van der Waals surface area contributed by atoms with Gasteiger partial charge in [0, 0.05) is 10.6 Å². The minimum Gasteiger partial charge on any atom is -0.430 e. The van der Waals surface area contributed by atoms with E-state index in [0.29, 0.717) is 16.5 Å². The highest BCUT2D eigenvalue weighted by Crippen LogP contribution is 2.19. The van der Waals surface area contributed by atoms with Crippen LogP contribution in [0.3, 0.4) is 0 Å². The Morgan fingerprint density at radius 3 is 2.84 bits per heavy atom. The van der Waals surface area contributed by atoms with Gasteiger partial charge < -0.3 is 4.42 Å². The van der Waals surface area contributed by atoms with Gasteiger partial charge in [-0.1, -0.05) is 29.7 Å². The zero-order valence-corrected chi connectivity index (χ0v) is 11.0. The van der Waals surface area contributed by atoms with E-state index in [1.165, 1.54) is 5.56 Å². The van der Waals surface area contributed by atoms with Crippen LogP contribution in [0.1, 0.15) is 17.0 Å². The summed E-state index contributed by atoms with van der Waals surface area (Å²) in [6.07, 6.45) is 0. The number of hydrogen-bond donors (Lipinski definition) is 0. The number of halogens is 1. The SMILES string of the molecule is Cc1cccc(C#Cc2nc3cc(Cl)ccc3o2)c1. The maximum absolute atomic E-state index is 5.90. The number of hydrogen-bond acceptors (Lipinski definition) is 2. The van der Waals surface area contributed by atoms with E-state index in [-0.39, 0.29) is 0 Å². The summed E-state index contributed by atoms with van der Waals surface area (Å²) < 4.78 is 5.53. The van der Waals surface area contributed by atoms with Crippen molar-refractivity contribution in [1.82, 2.24) is 4.98 Å². The predicted octanol–water partition coefficient (Wildman–Crippen LogP) is 4.19. The summed E-state index contributed by atoms with van der Waals surface area (Å²) in [5.41, 5.74) is 3.54. The van der Waals surface area contributed by atoms with Crippen LogP contribution < -0.4 is 0 Å². The van der Waals surface area contributed by atoms with Crippen molar-refractivity contribution in [3.05, 3.63) is 64.5 Å². The highest BCUT2D eigenvalue weighted by molar-refractivity contribution is 6.31. The maximum atomic E-state index is 5.90. The molecule has 19 heavy (non-hydrogen) atoms. The Morgan fingerprint density at radius 1 is 1.11 bits per heavy atom.